The first kappa shape index (κ1) is 32.7. The maximum absolute atomic E-state index is 13.4. The molecule has 1 N–H and O–H groups in total. The number of carbonyl (C=O) groups excluding carboxylic acids is 3. The van der Waals surface area contributed by atoms with Crippen LogP contribution in [-0.4, -0.2) is 62.6 Å². The summed E-state index contributed by atoms with van der Waals surface area (Å²) in [4.78, 5) is 48.7. The molecule has 4 aromatic carbocycles. The Bertz CT molecular complexity index is 1820. The van der Waals surface area contributed by atoms with Crippen LogP contribution in [0.3, 0.4) is 0 Å². The number of anilines is 1. The van der Waals surface area contributed by atoms with Gasteiger partial charge in [0.25, 0.3) is 15.8 Å². The Morgan fingerprint density at radius 1 is 0.745 bits per heavy atom. The van der Waals surface area contributed by atoms with E-state index >= 15 is 0 Å². The van der Waals surface area contributed by atoms with Crippen molar-refractivity contribution in [2.45, 2.75) is 29.5 Å². The van der Waals surface area contributed by atoms with Crippen molar-refractivity contribution >= 4 is 39.5 Å². The summed E-state index contributed by atoms with van der Waals surface area (Å²) < 4.78 is 54.6. The SMILES string of the molecule is O=C(Nc1ccccc1)O[C@@H]1O[C@H](COC(=O)c2ccccc2)[C@H](OC(=O)c2ccccc2)[C@@H]1OS(=O)(=O)c1ccc([N+](=O)[O-])cc1. The number of carbonyl (C=O) groups is 3. The highest BCUT2D eigenvalue weighted by atomic mass is 32.2. The van der Waals surface area contributed by atoms with Crippen LogP contribution in [0.5, 0.6) is 0 Å². The molecule has 47 heavy (non-hydrogen) atoms. The monoisotopic (exact) mass is 662 g/mol. The molecule has 0 saturated carbocycles. The Kier molecular flexibility index (Phi) is 10.2. The topological polar surface area (TPSA) is 187 Å². The Morgan fingerprint density at radius 2 is 1.30 bits per heavy atom. The molecular weight excluding hydrogens is 636 g/mol. The van der Waals surface area contributed by atoms with Crippen molar-refractivity contribution in [1.29, 1.82) is 0 Å². The van der Waals surface area contributed by atoms with Gasteiger partial charge in [0.15, 0.2) is 12.2 Å². The Morgan fingerprint density at radius 3 is 1.87 bits per heavy atom. The van der Waals surface area contributed by atoms with Crippen LogP contribution >= 0.6 is 0 Å². The summed E-state index contributed by atoms with van der Waals surface area (Å²) in [6.07, 6.45) is -7.72. The highest BCUT2D eigenvalue weighted by Crippen LogP contribution is 2.32. The zero-order valence-corrected chi connectivity index (χ0v) is 25.1. The molecule has 0 aromatic heterocycles. The second-order valence-electron chi connectivity index (χ2n) is 9.91. The minimum absolute atomic E-state index is 0.0932. The van der Waals surface area contributed by atoms with Gasteiger partial charge in [-0.05, 0) is 48.5 Å². The number of nitrogens with one attached hydrogen (secondary N) is 1. The van der Waals surface area contributed by atoms with Gasteiger partial charge in [0.1, 0.15) is 12.7 Å². The predicted octanol–water partition coefficient (Wildman–Crippen LogP) is 4.72. The van der Waals surface area contributed by atoms with E-state index in [9.17, 15) is 32.9 Å². The summed E-state index contributed by atoms with van der Waals surface area (Å²) in [6, 6.07) is 27.7. The van der Waals surface area contributed by atoms with E-state index in [2.05, 4.69) is 5.32 Å². The fourth-order valence-corrected chi connectivity index (χ4v) is 5.53. The molecule has 0 bridgehead atoms. The minimum atomic E-state index is -4.76. The van der Waals surface area contributed by atoms with Gasteiger partial charge < -0.3 is 18.9 Å². The van der Waals surface area contributed by atoms with E-state index in [1.165, 1.54) is 24.3 Å². The summed E-state index contributed by atoms with van der Waals surface area (Å²) in [7, 11) is -4.76. The largest absolute Gasteiger partial charge is 0.459 e. The molecule has 0 radical (unpaired) electrons. The molecule has 0 unspecified atom stereocenters. The molecule has 4 aromatic rings. The van der Waals surface area contributed by atoms with E-state index in [4.69, 9.17) is 23.1 Å². The number of hydrogen-bond acceptors (Lipinski definition) is 12. The van der Waals surface area contributed by atoms with E-state index in [0.717, 1.165) is 24.3 Å². The van der Waals surface area contributed by atoms with Crippen LogP contribution in [0.1, 0.15) is 20.7 Å². The summed E-state index contributed by atoms with van der Waals surface area (Å²) >= 11 is 0. The molecule has 1 aliphatic rings. The number of hydrogen-bond donors (Lipinski definition) is 1. The van der Waals surface area contributed by atoms with Crippen LogP contribution in [0.25, 0.3) is 0 Å². The number of rotatable bonds is 11. The molecule has 14 nitrogen and oxygen atoms in total. The lowest BCUT2D eigenvalue weighted by Gasteiger charge is -2.24. The molecule has 1 amide bonds. The van der Waals surface area contributed by atoms with Crippen LogP contribution < -0.4 is 5.32 Å². The normalized spacial score (nSPS) is 18.9. The van der Waals surface area contributed by atoms with Crippen molar-refractivity contribution in [2.24, 2.45) is 0 Å². The molecule has 1 saturated heterocycles. The van der Waals surface area contributed by atoms with Gasteiger partial charge in [-0.1, -0.05) is 54.6 Å². The van der Waals surface area contributed by atoms with Gasteiger partial charge in [-0.2, -0.15) is 8.42 Å². The molecule has 4 atom stereocenters. The van der Waals surface area contributed by atoms with Gasteiger partial charge in [0, 0.05) is 17.8 Å². The Hall–Kier alpha value is -5.64. The molecule has 5 rings (SSSR count). The third kappa shape index (κ3) is 8.35. The highest BCUT2D eigenvalue weighted by molar-refractivity contribution is 7.86. The van der Waals surface area contributed by atoms with Gasteiger partial charge in [-0.15, -0.1) is 0 Å². The van der Waals surface area contributed by atoms with Gasteiger partial charge in [-0.25, -0.2) is 14.4 Å². The third-order valence-electron chi connectivity index (χ3n) is 6.73. The van der Waals surface area contributed by atoms with Crippen molar-refractivity contribution in [3.05, 3.63) is 137 Å². The lowest BCUT2D eigenvalue weighted by molar-refractivity contribution is -0.384. The first-order valence-corrected chi connectivity index (χ1v) is 15.4. The van der Waals surface area contributed by atoms with Crippen molar-refractivity contribution in [2.75, 3.05) is 11.9 Å². The summed E-state index contributed by atoms with van der Waals surface area (Å²) in [5.74, 6) is -1.67. The fourth-order valence-electron chi connectivity index (χ4n) is 4.46. The molecule has 15 heteroatoms. The molecule has 0 aliphatic carbocycles. The molecule has 1 fully saturated rings. The number of benzene rings is 4. The molecule has 1 aliphatic heterocycles. The molecular formula is C32H26N2O12S. The molecule has 1 heterocycles. The van der Waals surface area contributed by atoms with Crippen LogP contribution in [-0.2, 0) is 33.2 Å². The zero-order chi connectivity index (χ0) is 33.4. The molecule has 242 valence electrons. The summed E-state index contributed by atoms with van der Waals surface area (Å²) in [5, 5.41) is 13.6. The van der Waals surface area contributed by atoms with E-state index in [0.29, 0.717) is 5.69 Å². The van der Waals surface area contributed by atoms with Gasteiger partial charge in [0.2, 0.25) is 6.29 Å². The summed E-state index contributed by atoms with van der Waals surface area (Å²) in [5.41, 5.74) is 0.261. The second kappa shape index (κ2) is 14.6. The number of non-ortho nitro benzene ring substituents is 1. The minimum Gasteiger partial charge on any atom is -0.459 e. The zero-order valence-electron chi connectivity index (χ0n) is 24.2. The van der Waals surface area contributed by atoms with Crippen LogP contribution in [0, 0.1) is 10.1 Å². The average Bonchev–Trinajstić information content (AvgIpc) is 3.38. The lowest BCUT2D eigenvalue weighted by Crippen LogP contribution is -2.43. The fraction of sp³-hybridized carbons (Fsp3) is 0.156. The summed E-state index contributed by atoms with van der Waals surface area (Å²) in [6.45, 7) is -0.571. The molecule has 0 spiro atoms. The van der Waals surface area contributed by atoms with Crippen molar-refractivity contribution in [3.8, 4) is 0 Å². The number of para-hydroxylation sites is 1. The smallest absolute Gasteiger partial charge is 0.414 e. The Labute approximate surface area is 268 Å². The quantitative estimate of drug-likeness (QED) is 0.0766. The van der Waals surface area contributed by atoms with Gasteiger partial charge in [-0.3, -0.25) is 19.6 Å². The maximum atomic E-state index is 13.4. The number of amides is 1. The number of nitro groups is 1. The van der Waals surface area contributed by atoms with Gasteiger partial charge >= 0.3 is 18.0 Å². The average molecular weight is 663 g/mol. The van der Waals surface area contributed by atoms with E-state index in [1.54, 1.807) is 66.7 Å². The van der Waals surface area contributed by atoms with Gasteiger partial charge in [0.05, 0.1) is 20.9 Å². The highest BCUT2D eigenvalue weighted by Gasteiger charge is 2.53. The third-order valence-corrected chi connectivity index (χ3v) is 8.05. The number of ether oxygens (including phenoxy) is 4. The van der Waals surface area contributed by atoms with Crippen molar-refractivity contribution < 1.29 is 50.9 Å². The van der Waals surface area contributed by atoms with Crippen LogP contribution in [0.15, 0.2) is 120 Å². The van der Waals surface area contributed by atoms with E-state index in [1.807, 2.05) is 0 Å². The second-order valence-corrected chi connectivity index (χ2v) is 11.5. The standard InChI is InChI=1S/C32H26N2O12S/c35-29(21-10-4-1-5-11-21)42-20-26-27(44-30(36)22-12-6-2-7-13-22)28(31(43-26)45-32(37)33-23-14-8-3-9-15-23)46-47(40,41)25-18-16-24(17-19-25)34(38)39/h1-19,26-28,31H,20H2,(H,33,37)/t26-,27+,28+,31+/m1/s1. The first-order chi connectivity index (χ1) is 22.6. The number of esters is 2. The van der Waals surface area contributed by atoms with Crippen LogP contribution in [0.2, 0.25) is 0 Å². The van der Waals surface area contributed by atoms with Crippen LogP contribution in [0.4, 0.5) is 16.2 Å². The maximum Gasteiger partial charge on any atom is 0.414 e. The van der Waals surface area contributed by atoms with Crippen molar-refractivity contribution in [1.82, 2.24) is 0 Å². The van der Waals surface area contributed by atoms with E-state index < -0.39 is 69.2 Å². The number of nitrogens with zero attached hydrogens (tertiary/aromatic N) is 1. The predicted molar refractivity (Wildman–Crippen MR) is 163 cm³/mol. The van der Waals surface area contributed by atoms with E-state index in [-0.39, 0.29) is 16.8 Å². The first-order valence-electron chi connectivity index (χ1n) is 13.9. The van der Waals surface area contributed by atoms with Crippen molar-refractivity contribution in [3.63, 3.8) is 0 Å². The lowest BCUT2D eigenvalue weighted by atomic mass is 10.1. The Balaban J connectivity index is 1.46. The number of nitro benzene ring substituents is 1.